The molecule has 3 aromatic rings. The normalized spacial score (nSPS) is 22.8. The molecule has 2 aliphatic carbocycles. The summed E-state index contributed by atoms with van der Waals surface area (Å²) in [6.45, 7) is 7.08. The maximum Gasteiger partial charge on any atom is 0.338 e. The Labute approximate surface area is 233 Å². The van der Waals surface area contributed by atoms with E-state index in [1.807, 2.05) is 74.1 Å². The van der Waals surface area contributed by atoms with Gasteiger partial charge in [-0.25, -0.2) is 9.48 Å². The first-order chi connectivity index (χ1) is 18.2. The molecular weight excluding hydrogens is 521 g/mol. The molecule has 6 rings (SSSR count). The Morgan fingerprint density at radius 2 is 1.76 bits per heavy atom. The molecule has 200 valence electrons. The van der Waals surface area contributed by atoms with Crippen molar-refractivity contribution < 1.29 is 14.3 Å². The zero-order chi connectivity index (χ0) is 26.6. The molecule has 8 heteroatoms. The molecule has 6 nitrogen and oxygen atoms in total. The zero-order valence-corrected chi connectivity index (χ0v) is 23.5. The first-order valence-corrected chi connectivity index (χ1v) is 14.2. The third-order valence-electron chi connectivity index (χ3n) is 7.81. The lowest BCUT2D eigenvalue weighted by Crippen LogP contribution is -2.38. The number of hydrogen-bond acceptors (Lipinski definition) is 5. The second-order valence-corrected chi connectivity index (χ2v) is 12.6. The summed E-state index contributed by atoms with van der Waals surface area (Å²) in [4.78, 5) is 14.8. The van der Waals surface area contributed by atoms with Gasteiger partial charge in [-0.1, -0.05) is 29.3 Å². The van der Waals surface area contributed by atoms with Gasteiger partial charge >= 0.3 is 5.97 Å². The number of fused-ring (bicyclic) bond motifs is 2. The van der Waals surface area contributed by atoms with Crippen LogP contribution in [0.5, 0.6) is 0 Å². The van der Waals surface area contributed by atoms with Gasteiger partial charge in [0, 0.05) is 24.2 Å². The van der Waals surface area contributed by atoms with Crippen LogP contribution in [0.25, 0.3) is 5.69 Å². The number of carbonyl (C=O) groups is 1. The van der Waals surface area contributed by atoms with Crippen LogP contribution in [-0.4, -0.2) is 40.0 Å². The number of benzene rings is 2. The van der Waals surface area contributed by atoms with Crippen molar-refractivity contribution in [2.75, 3.05) is 11.4 Å². The molecule has 3 fully saturated rings. The molecule has 1 aromatic heterocycles. The zero-order valence-electron chi connectivity index (χ0n) is 22.0. The lowest BCUT2D eigenvalue weighted by atomic mass is 10.0. The van der Waals surface area contributed by atoms with Gasteiger partial charge in [-0.3, -0.25) is 0 Å². The molecule has 0 spiro atoms. The van der Waals surface area contributed by atoms with Crippen molar-refractivity contribution in [2.24, 2.45) is 5.92 Å². The minimum atomic E-state index is -0.504. The van der Waals surface area contributed by atoms with Crippen molar-refractivity contribution in [3.05, 3.63) is 75.5 Å². The van der Waals surface area contributed by atoms with E-state index >= 15 is 0 Å². The second kappa shape index (κ2) is 9.89. The molecule has 3 atom stereocenters. The van der Waals surface area contributed by atoms with Crippen molar-refractivity contribution in [3.63, 3.8) is 0 Å². The number of para-hydroxylation sites is 1. The molecule has 2 heterocycles. The summed E-state index contributed by atoms with van der Waals surface area (Å²) < 4.78 is 14.0. The Balaban J connectivity index is 1.12. The predicted octanol–water partition coefficient (Wildman–Crippen LogP) is 7.20. The van der Waals surface area contributed by atoms with E-state index in [-0.39, 0.29) is 12.1 Å². The smallest absolute Gasteiger partial charge is 0.338 e. The highest BCUT2D eigenvalue weighted by Crippen LogP contribution is 2.45. The highest BCUT2D eigenvalue weighted by molar-refractivity contribution is 6.37. The topological polar surface area (TPSA) is 56.6 Å². The van der Waals surface area contributed by atoms with Crippen molar-refractivity contribution in [3.8, 4) is 5.69 Å². The number of rotatable bonds is 7. The fourth-order valence-corrected chi connectivity index (χ4v) is 6.45. The predicted molar refractivity (Wildman–Crippen MR) is 150 cm³/mol. The van der Waals surface area contributed by atoms with Crippen LogP contribution >= 0.6 is 23.2 Å². The Bertz CT molecular complexity index is 1320. The molecule has 38 heavy (non-hydrogen) atoms. The van der Waals surface area contributed by atoms with E-state index in [1.54, 1.807) is 0 Å². The highest BCUT2D eigenvalue weighted by atomic mass is 35.5. The maximum absolute atomic E-state index is 12.4. The molecule has 1 saturated heterocycles. The summed E-state index contributed by atoms with van der Waals surface area (Å²) >= 11 is 13.1. The van der Waals surface area contributed by atoms with Crippen LogP contribution in [0, 0.1) is 5.92 Å². The number of aromatic nitrogens is 2. The van der Waals surface area contributed by atoms with Gasteiger partial charge in [0.15, 0.2) is 0 Å². The molecule has 3 aliphatic rings. The number of hydrogen-bond donors (Lipinski definition) is 0. The number of ether oxygens (including phenoxy) is 2. The van der Waals surface area contributed by atoms with E-state index in [9.17, 15) is 4.79 Å². The van der Waals surface area contributed by atoms with Gasteiger partial charge in [-0.2, -0.15) is 5.10 Å². The number of carbonyl (C=O) groups excluding carboxylic acids is 1. The lowest BCUT2D eigenvalue weighted by Gasteiger charge is -2.33. The maximum atomic E-state index is 12.4. The van der Waals surface area contributed by atoms with Gasteiger partial charge in [0.2, 0.25) is 0 Å². The van der Waals surface area contributed by atoms with Crippen molar-refractivity contribution >= 4 is 34.9 Å². The Kier molecular flexibility index (Phi) is 6.69. The SMILES string of the molecule is CC(C)(C)OC(=O)c1ccc(N2C[C@@H]3C[C@H]2C[C@H]3OCc2c(C3CC3)cnn2-c2c(Cl)cccc2Cl)cc1. The molecule has 0 N–H and O–H groups in total. The van der Waals surface area contributed by atoms with E-state index in [0.717, 1.165) is 36.5 Å². The molecule has 2 saturated carbocycles. The van der Waals surface area contributed by atoms with Crippen LogP contribution < -0.4 is 4.90 Å². The minimum absolute atomic E-state index is 0.203. The van der Waals surface area contributed by atoms with Crippen LogP contribution in [-0.2, 0) is 16.1 Å². The van der Waals surface area contributed by atoms with Crippen LogP contribution in [0.1, 0.15) is 74.0 Å². The van der Waals surface area contributed by atoms with E-state index in [4.69, 9.17) is 32.7 Å². The fourth-order valence-electron chi connectivity index (χ4n) is 5.89. The molecular formula is C30H33Cl2N3O3. The number of halogens is 2. The van der Waals surface area contributed by atoms with E-state index < -0.39 is 5.60 Å². The number of piperidine rings is 1. The van der Waals surface area contributed by atoms with Gasteiger partial charge in [-0.15, -0.1) is 0 Å². The summed E-state index contributed by atoms with van der Waals surface area (Å²) in [6, 6.07) is 13.8. The molecule has 2 aromatic carbocycles. The largest absolute Gasteiger partial charge is 0.456 e. The van der Waals surface area contributed by atoms with Gasteiger partial charge < -0.3 is 14.4 Å². The first kappa shape index (κ1) is 25.7. The summed E-state index contributed by atoms with van der Waals surface area (Å²) in [5.74, 6) is 0.723. The molecule has 0 unspecified atom stereocenters. The number of esters is 1. The Hall–Kier alpha value is -2.54. The average Bonchev–Trinajstić information content (AvgIpc) is 3.32. The highest BCUT2D eigenvalue weighted by Gasteiger charge is 2.45. The van der Waals surface area contributed by atoms with Crippen molar-refractivity contribution in [2.45, 2.75) is 76.7 Å². The standard InChI is InChI=1S/C30H33Cl2N3O3/c1-30(2,3)38-29(36)19-9-11-21(12-10-19)34-16-20-13-22(34)14-27(20)37-17-26-23(18-7-8-18)15-33-35(26)28-24(31)5-4-6-25(28)32/h4-6,9-12,15,18,20,22,27H,7-8,13-14,16-17H2,1-3H3/t20-,22-,27+/m0/s1. The third kappa shape index (κ3) is 5.06. The van der Waals surface area contributed by atoms with E-state index in [2.05, 4.69) is 10.00 Å². The quantitative estimate of drug-likeness (QED) is 0.289. The Morgan fingerprint density at radius 3 is 2.37 bits per heavy atom. The van der Waals surface area contributed by atoms with E-state index in [0.29, 0.717) is 40.1 Å². The first-order valence-electron chi connectivity index (χ1n) is 13.4. The van der Waals surface area contributed by atoms with Crippen LogP contribution in [0.2, 0.25) is 10.0 Å². The second-order valence-electron chi connectivity index (χ2n) is 11.7. The molecule has 0 amide bonds. The minimum Gasteiger partial charge on any atom is -0.456 e. The summed E-state index contributed by atoms with van der Waals surface area (Å²) in [5.41, 5.74) is 4.24. The van der Waals surface area contributed by atoms with Crippen LogP contribution in [0.15, 0.2) is 48.7 Å². The number of anilines is 1. The monoisotopic (exact) mass is 553 g/mol. The number of nitrogens with zero attached hydrogens (tertiary/aromatic N) is 3. The van der Waals surface area contributed by atoms with Crippen LogP contribution in [0.4, 0.5) is 5.69 Å². The molecule has 0 radical (unpaired) electrons. The third-order valence-corrected chi connectivity index (χ3v) is 8.42. The van der Waals surface area contributed by atoms with Gasteiger partial charge in [0.1, 0.15) is 11.3 Å². The lowest BCUT2D eigenvalue weighted by molar-refractivity contribution is 0.00695. The summed E-state index contributed by atoms with van der Waals surface area (Å²) in [6.07, 6.45) is 6.63. The Morgan fingerprint density at radius 1 is 1.05 bits per heavy atom. The molecule has 2 bridgehead atoms. The molecule has 1 aliphatic heterocycles. The van der Waals surface area contributed by atoms with Gasteiger partial charge in [0.25, 0.3) is 0 Å². The fraction of sp³-hybridized carbons (Fsp3) is 0.467. The van der Waals surface area contributed by atoms with Crippen molar-refractivity contribution in [1.82, 2.24) is 9.78 Å². The summed E-state index contributed by atoms with van der Waals surface area (Å²) in [5, 5.41) is 5.84. The van der Waals surface area contributed by atoms with Crippen LogP contribution in [0.3, 0.4) is 0 Å². The van der Waals surface area contributed by atoms with Gasteiger partial charge in [-0.05, 0) is 94.3 Å². The van der Waals surface area contributed by atoms with Crippen molar-refractivity contribution in [1.29, 1.82) is 0 Å². The average molecular weight is 555 g/mol. The van der Waals surface area contributed by atoms with E-state index in [1.165, 1.54) is 18.4 Å². The summed E-state index contributed by atoms with van der Waals surface area (Å²) in [7, 11) is 0. The van der Waals surface area contributed by atoms with Gasteiger partial charge in [0.05, 0.1) is 40.2 Å².